The third kappa shape index (κ3) is 5.13. The van der Waals surface area contributed by atoms with E-state index in [0.717, 1.165) is 5.75 Å². The fourth-order valence-electron chi connectivity index (χ4n) is 0.606. The second-order valence-electron chi connectivity index (χ2n) is 2.81. The largest absolute Gasteiger partial charge is 0.469 e. The van der Waals surface area contributed by atoms with Crippen LogP contribution in [0.5, 0.6) is 0 Å². The zero-order chi connectivity index (χ0) is 8.85. The maximum atomic E-state index is 10.9. The molecule has 0 amide bonds. The van der Waals surface area contributed by atoms with Gasteiger partial charge in [0.05, 0.1) is 13.0 Å². The van der Waals surface area contributed by atoms with Gasteiger partial charge in [-0.2, -0.15) is 11.8 Å². The van der Waals surface area contributed by atoms with Gasteiger partial charge < -0.3 is 4.74 Å². The first kappa shape index (κ1) is 10.8. The van der Waals surface area contributed by atoms with E-state index in [9.17, 15) is 4.79 Å². The van der Waals surface area contributed by atoms with Crippen molar-refractivity contribution in [3.05, 3.63) is 0 Å². The van der Waals surface area contributed by atoms with Crippen molar-refractivity contribution in [2.45, 2.75) is 26.0 Å². The van der Waals surface area contributed by atoms with Crippen LogP contribution in [0, 0.1) is 5.92 Å². The van der Waals surface area contributed by atoms with Gasteiger partial charge in [-0.25, -0.2) is 0 Å². The number of hydrogen-bond acceptors (Lipinski definition) is 3. The molecule has 0 rings (SSSR count). The number of carbonyl (C=O) groups excluding carboxylic acids is 1. The van der Waals surface area contributed by atoms with Gasteiger partial charge in [0.1, 0.15) is 0 Å². The summed E-state index contributed by atoms with van der Waals surface area (Å²) in [5.74, 6) is 0.759. The van der Waals surface area contributed by atoms with Crippen LogP contribution in [0.2, 0.25) is 0 Å². The Morgan fingerprint density at radius 1 is 1.45 bits per heavy atom. The highest BCUT2D eigenvalue weighted by Gasteiger charge is 2.12. The highest BCUT2D eigenvalue weighted by Crippen LogP contribution is 2.14. The monoisotopic (exact) mass is 176 g/mol. The van der Waals surface area contributed by atoms with E-state index in [1.165, 1.54) is 7.11 Å². The van der Waals surface area contributed by atoms with Gasteiger partial charge in [0.2, 0.25) is 0 Å². The average molecular weight is 176 g/mol. The molecule has 0 N–H and O–H groups in total. The van der Waals surface area contributed by atoms with Crippen LogP contribution in [0.3, 0.4) is 0 Å². The van der Waals surface area contributed by atoms with E-state index in [-0.39, 0.29) is 11.9 Å². The molecule has 0 bridgehead atoms. The first-order valence-electron chi connectivity index (χ1n) is 3.77. The lowest BCUT2D eigenvalue weighted by atomic mass is 10.2. The van der Waals surface area contributed by atoms with E-state index in [1.54, 1.807) is 11.8 Å². The molecule has 2 nitrogen and oxygen atoms in total. The van der Waals surface area contributed by atoms with Gasteiger partial charge in [-0.15, -0.1) is 0 Å². The standard InChI is InChI=1S/C8H16O2S/c1-6(2)11-5-7(3)8(9)10-4/h6-7H,5H2,1-4H3/t7-/m0/s1. The average Bonchev–Trinajstić information content (AvgIpc) is 1.98. The van der Waals surface area contributed by atoms with Crippen LogP contribution in [0.4, 0.5) is 0 Å². The summed E-state index contributed by atoms with van der Waals surface area (Å²) in [6, 6.07) is 0. The molecular weight excluding hydrogens is 160 g/mol. The van der Waals surface area contributed by atoms with E-state index in [0.29, 0.717) is 5.25 Å². The van der Waals surface area contributed by atoms with Crippen LogP contribution < -0.4 is 0 Å². The summed E-state index contributed by atoms with van der Waals surface area (Å²) in [6.07, 6.45) is 0. The van der Waals surface area contributed by atoms with Crippen molar-refractivity contribution in [3.63, 3.8) is 0 Å². The molecule has 0 heterocycles. The highest BCUT2D eigenvalue weighted by molar-refractivity contribution is 7.99. The summed E-state index contributed by atoms with van der Waals surface area (Å²) in [5, 5.41) is 0.585. The zero-order valence-corrected chi connectivity index (χ0v) is 8.40. The van der Waals surface area contributed by atoms with E-state index < -0.39 is 0 Å². The molecule has 0 aromatic heterocycles. The van der Waals surface area contributed by atoms with Crippen LogP contribution in [-0.2, 0) is 9.53 Å². The smallest absolute Gasteiger partial charge is 0.309 e. The molecule has 0 spiro atoms. The molecule has 0 aliphatic carbocycles. The van der Waals surface area contributed by atoms with Crippen molar-refractivity contribution in [1.29, 1.82) is 0 Å². The number of rotatable bonds is 4. The van der Waals surface area contributed by atoms with Crippen molar-refractivity contribution >= 4 is 17.7 Å². The number of methoxy groups -OCH3 is 1. The Morgan fingerprint density at radius 3 is 2.36 bits per heavy atom. The summed E-state index contributed by atoms with van der Waals surface area (Å²) < 4.78 is 4.59. The van der Waals surface area contributed by atoms with Gasteiger partial charge in [-0.1, -0.05) is 20.8 Å². The first-order chi connectivity index (χ1) is 5.07. The molecule has 0 aromatic rings. The molecule has 0 aliphatic heterocycles. The van der Waals surface area contributed by atoms with Gasteiger partial charge in [0.25, 0.3) is 0 Å². The van der Waals surface area contributed by atoms with Crippen LogP contribution in [0.1, 0.15) is 20.8 Å². The minimum Gasteiger partial charge on any atom is -0.469 e. The van der Waals surface area contributed by atoms with Crippen molar-refractivity contribution in [3.8, 4) is 0 Å². The predicted molar refractivity (Wildman–Crippen MR) is 48.8 cm³/mol. The second kappa shape index (κ2) is 5.47. The Bertz CT molecular complexity index is 123. The van der Waals surface area contributed by atoms with Crippen LogP contribution in [0.25, 0.3) is 0 Å². The molecule has 0 radical (unpaired) electrons. The normalized spacial score (nSPS) is 13.2. The van der Waals surface area contributed by atoms with Crippen molar-refractivity contribution in [1.82, 2.24) is 0 Å². The predicted octanol–water partition coefficient (Wildman–Crippen LogP) is 1.94. The Labute approximate surface area is 72.7 Å². The Balaban J connectivity index is 3.52. The number of esters is 1. The number of carbonyl (C=O) groups is 1. The molecule has 3 heteroatoms. The maximum Gasteiger partial charge on any atom is 0.309 e. The lowest BCUT2D eigenvalue weighted by molar-refractivity contribution is -0.143. The summed E-state index contributed by atoms with van der Waals surface area (Å²) in [7, 11) is 1.43. The van der Waals surface area contributed by atoms with E-state index in [2.05, 4.69) is 18.6 Å². The van der Waals surface area contributed by atoms with Crippen molar-refractivity contribution in [2.75, 3.05) is 12.9 Å². The Kier molecular flexibility index (Phi) is 5.38. The molecule has 0 saturated heterocycles. The minimum atomic E-state index is -0.113. The van der Waals surface area contributed by atoms with Gasteiger partial charge in [0.15, 0.2) is 0 Å². The molecule has 1 atom stereocenters. The fourth-order valence-corrected chi connectivity index (χ4v) is 1.42. The van der Waals surface area contributed by atoms with Crippen molar-refractivity contribution < 1.29 is 9.53 Å². The quantitative estimate of drug-likeness (QED) is 0.612. The molecule has 0 unspecified atom stereocenters. The zero-order valence-electron chi connectivity index (χ0n) is 7.59. The molecule has 66 valence electrons. The maximum absolute atomic E-state index is 10.9. The molecular formula is C8H16O2S. The van der Waals surface area contributed by atoms with Gasteiger partial charge in [-0.3, -0.25) is 4.79 Å². The van der Waals surface area contributed by atoms with Crippen LogP contribution in [0.15, 0.2) is 0 Å². The van der Waals surface area contributed by atoms with Crippen molar-refractivity contribution in [2.24, 2.45) is 5.92 Å². The minimum absolute atomic E-state index is 0.0207. The SMILES string of the molecule is COC(=O)[C@@H](C)CSC(C)C. The summed E-state index contributed by atoms with van der Waals surface area (Å²) in [5.41, 5.74) is 0. The topological polar surface area (TPSA) is 26.3 Å². The van der Waals surface area contributed by atoms with Gasteiger partial charge in [0, 0.05) is 5.75 Å². The molecule has 11 heavy (non-hydrogen) atoms. The Morgan fingerprint density at radius 2 is 2.00 bits per heavy atom. The lowest BCUT2D eigenvalue weighted by Crippen LogP contribution is -2.15. The molecule has 0 fully saturated rings. The number of hydrogen-bond donors (Lipinski definition) is 0. The number of ether oxygens (including phenoxy) is 1. The van der Waals surface area contributed by atoms with E-state index >= 15 is 0 Å². The Hall–Kier alpha value is -0.180. The molecule has 0 aliphatic rings. The summed E-state index contributed by atoms with van der Waals surface area (Å²) >= 11 is 1.78. The fraction of sp³-hybridized carbons (Fsp3) is 0.875. The summed E-state index contributed by atoms with van der Waals surface area (Å²) in [4.78, 5) is 10.9. The molecule has 0 aromatic carbocycles. The lowest BCUT2D eigenvalue weighted by Gasteiger charge is -2.09. The molecule has 0 saturated carbocycles. The third-order valence-electron chi connectivity index (χ3n) is 1.28. The number of thioether (sulfide) groups is 1. The third-order valence-corrected chi connectivity index (χ3v) is 2.64. The summed E-state index contributed by atoms with van der Waals surface area (Å²) in [6.45, 7) is 6.13. The van der Waals surface area contributed by atoms with E-state index in [4.69, 9.17) is 0 Å². The van der Waals surface area contributed by atoms with Crippen LogP contribution in [-0.4, -0.2) is 24.1 Å². The second-order valence-corrected chi connectivity index (χ2v) is 4.42. The van der Waals surface area contributed by atoms with Crippen LogP contribution >= 0.6 is 11.8 Å². The van der Waals surface area contributed by atoms with E-state index in [1.807, 2.05) is 6.92 Å². The first-order valence-corrected chi connectivity index (χ1v) is 4.82. The van der Waals surface area contributed by atoms with Gasteiger partial charge in [-0.05, 0) is 5.25 Å². The van der Waals surface area contributed by atoms with Gasteiger partial charge >= 0.3 is 5.97 Å². The highest BCUT2D eigenvalue weighted by atomic mass is 32.2.